The summed E-state index contributed by atoms with van der Waals surface area (Å²) in [4.78, 5) is 31.2. The first-order chi connectivity index (χ1) is 16.2. The number of piperazine rings is 1. The third-order valence-electron chi connectivity index (χ3n) is 6.74. The monoisotopic (exact) mass is 447 g/mol. The lowest BCUT2D eigenvalue weighted by molar-refractivity contribution is -0.125. The van der Waals surface area contributed by atoms with Gasteiger partial charge in [-0.3, -0.25) is 19.4 Å². The van der Waals surface area contributed by atoms with Gasteiger partial charge in [0, 0.05) is 64.4 Å². The van der Waals surface area contributed by atoms with Gasteiger partial charge in [0.15, 0.2) is 11.6 Å². The molecule has 1 aliphatic heterocycles. The van der Waals surface area contributed by atoms with E-state index in [1.807, 2.05) is 60.7 Å². The predicted molar refractivity (Wildman–Crippen MR) is 129 cm³/mol. The molecule has 0 spiro atoms. The van der Waals surface area contributed by atoms with E-state index in [0.29, 0.717) is 13.0 Å². The molecule has 2 aromatic carbocycles. The van der Waals surface area contributed by atoms with E-state index in [-0.39, 0.29) is 35.6 Å². The summed E-state index contributed by atoms with van der Waals surface area (Å²) in [6.45, 7) is 6.31. The second kappa shape index (κ2) is 11.4. The maximum atomic E-state index is 13.5. The Hall–Kier alpha value is -2.80. The lowest BCUT2D eigenvalue weighted by Crippen LogP contribution is -2.48. The van der Waals surface area contributed by atoms with Gasteiger partial charge in [0.1, 0.15) is 0 Å². The van der Waals surface area contributed by atoms with Crippen molar-refractivity contribution >= 4 is 11.6 Å². The Morgan fingerprint density at radius 2 is 1.42 bits per heavy atom. The molecule has 1 saturated heterocycles. The number of aliphatic hydroxyl groups is 1. The number of rotatable bonds is 8. The van der Waals surface area contributed by atoms with Crippen LogP contribution in [0.1, 0.15) is 29.4 Å². The number of allylic oxidation sites excluding steroid dienone is 1. The number of carbonyl (C=O) groups excluding carboxylic acids is 2. The van der Waals surface area contributed by atoms with E-state index >= 15 is 0 Å². The summed E-state index contributed by atoms with van der Waals surface area (Å²) in [6, 6.07) is 19.7. The minimum absolute atomic E-state index is 0.0915. The Kier molecular flexibility index (Phi) is 8.05. The van der Waals surface area contributed by atoms with Crippen molar-refractivity contribution in [3.8, 4) is 0 Å². The van der Waals surface area contributed by atoms with Crippen LogP contribution in [0.5, 0.6) is 0 Å². The number of ketones is 2. The zero-order chi connectivity index (χ0) is 23.0. The molecule has 0 bridgehead atoms. The number of aliphatic hydroxyl groups excluding tert-OH is 1. The van der Waals surface area contributed by atoms with Crippen molar-refractivity contribution in [3.63, 3.8) is 0 Å². The van der Waals surface area contributed by atoms with E-state index in [1.54, 1.807) is 6.20 Å². The summed E-state index contributed by atoms with van der Waals surface area (Å²) in [7, 11) is 0. The molecule has 0 aromatic heterocycles. The molecule has 1 saturated carbocycles. The topological polar surface area (TPSA) is 72.9 Å². The Morgan fingerprint density at radius 1 is 0.848 bits per heavy atom. The zero-order valence-corrected chi connectivity index (χ0v) is 19.0. The van der Waals surface area contributed by atoms with Crippen molar-refractivity contribution in [1.82, 2.24) is 15.1 Å². The maximum absolute atomic E-state index is 13.5. The van der Waals surface area contributed by atoms with Gasteiger partial charge >= 0.3 is 0 Å². The highest BCUT2D eigenvalue weighted by molar-refractivity contribution is 6.24. The second-order valence-corrected chi connectivity index (χ2v) is 8.82. The molecule has 33 heavy (non-hydrogen) atoms. The first-order valence-corrected chi connectivity index (χ1v) is 11.8. The number of carbonyl (C=O) groups is 2. The number of benzene rings is 2. The molecule has 0 radical (unpaired) electrons. The average molecular weight is 448 g/mol. The van der Waals surface area contributed by atoms with Gasteiger partial charge in [-0.1, -0.05) is 60.7 Å². The predicted octanol–water partition coefficient (Wildman–Crippen LogP) is 2.18. The van der Waals surface area contributed by atoms with Gasteiger partial charge in [-0.05, 0) is 11.1 Å². The van der Waals surface area contributed by atoms with Gasteiger partial charge in [-0.15, -0.1) is 0 Å². The van der Waals surface area contributed by atoms with Crippen LogP contribution in [0.25, 0.3) is 0 Å². The van der Waals surface area contributed by atoms with Crippen molar-refractivity contribution in [1.29, 1.82) is 0 Å². The van der Waals surface area contributed by atoms with Crippen LogP contribution in [0.15, 0.2) is 72.4 Å². The molecule has 2 aliphatic rings. The zero-order valence-electron chi connectivity index (χ0n) is 19.0. The molecule has 2 N–H and O–H groups in total. The Morgan fingerprint density at radius 3 is 2.03 bits per heavy atom. The minimum Gasteiger partial charge on any atom is -0.395 e. The normalized spacial score (nSPS) is 23.7. The smallest absolute Gasteiger partial charge is 0.175 e. The molecule has 0 amide bonds. The van der Waals surface area contributed by atoms with Crippen molar-refractivity contribution < 1.29 is 14.7 Å². The van der Waals surface area contributed by atoms with Gasteiger partial charge in [0.25, 0.3) is 0 Å². The Labute approximate surface area is 195 Å². The van der Waals surface area contributed by atoms with Crippen LogP contribution < -0.4 is 5.32 Å². The molecule has 6 nitrogen and oxygen atoms in total. The fraction of sp³-hybridized carbons (Fsp3) is 0.407. The summed E-state index contributed by atoms with van der Waals surface area (Å²) in [6.07, 6.45) is 1.97. The van der Waals surface area contributed by atoms with E-state index in [0.717, 1.165) is 50.4 Å². The van der Waals surface area contributed by atoms with E-state index in [9.17, 15) is 9.59 Å². The first-order valence-electron chi connectivity index (χ1n) is 11.8. The van der Waals surface area contributed by atoms with E-state index in [2.05, 4.69) is 15.1 Å². The highest BCUT2D eigenvalue weighted by Gasteiger charge is 2.41. The number of hydrogen-bond donors (Lipinski definition) is 2. The van der Waals surface area contributed by atoms with Crippen LogP contribution in [0.3, 0.4) is 0 Å². The lowest BCUT2D eigenvalue weighted by atomic mass is 9.69. The van der Waals surface area contributed by atoms with Crippen LogP contribution in [0.4, 0.5) is 0 Å². The summed E-state index contributed by atoms with van der Waals surface area (Å²) >= 11 is 0. The third-order valence-corrected chi connectivity index (χ3v) is 6.74. The molecule has 2 atom stereocenters. The molecular formula is C27H33N3O3. The van der Waals surface area contributed by atoms with Crippen LogP contribution >= 0.6 is 0 Å². The van der Waals surface area contributed by atoms with E-state index < -0.39 is 0 Å². The molecule has 6 heteroatoms. The second-order valence-electron chi connectivity index (χ2n) is 8.82. The van der Waals surface area contributed by atoms with Gasteiger partial charge in [-0.2, -0.15) is 0 Å². The summed E-state index contributed by atoms with van der Waals surface area (Å²) in [5.41, 5.74) is 2.26. The molecule has 1 heterocycles. The molecular weight excluding hydrogens is 414 g/mol. The minimum atomic E-state index is -0.362. The number of nitrogens with one attached hydrogen (secondary N) is 1. The standard InChI is InChI=1S/C27H33N3O3/c31-18-17-30-15-13-29(14-16-30)12-11-28-20-24-25(32)19-23(21-7-3-1-4-8-21)26(27(24)33)22-9-5-2-6-10-22/h1-10,20,23,26,28,31H,11-19H2/b24-20+. The maximum Gasteiger partial charge on any atom is 0.175 e. The SMILES string of the molecule is O=C1CC(c2ccccc2)C(c2ccccc2)C(=O)/C1=C/NCCN1CCN(CCO)CC1. The van der Waals surface area contributed by atoms with Crippen LogP contribution in [0, 0.1) is 0 Å². The third kappa shape index (κ3) is 5.77. The molecule has 2 aromatic rings. The molecule has 1 aliphatic carbocycles. The first kappa shape index (κ1) is 23.4. The van der Waals surface area contributed by atoms with Crippen molar-refractivity contribution in [2.24, 2.45) is 0 Å². The number of nitrogens with zero attached hydrogens (tertiary/aromatic N) is 2. The molecule has 2 unspecified atom stereocenters. The van der Waals surface area contributed by atoms with Gasteiger partial charge in [-0.25, -0.2) is 0 Å². The van der Waals surface area contributed by atoms with Gasteiger partial charge < -0.3 is 10.4 Å². The van der Waals surface area contributed by atoms with Crippen LogP contribution in [0.2, 0.25) is 0 Å². The largest absolute Gasteiger partial charge is 0.395 e. The average Bonchev–Trinajstić information content (AvgIpc) is 2.85. The highest BCUT2D eigenvalue weighted by Crippen LogP contribution is 2.42. The quantitative estimate of drug-likeness (QED) is 0.367. The number of β-amino-alcohol motifs (C(OH)–C–C–N with tert-alkyl or cyclic N) is 1. The van der Waals surface area contributed by atoms with Crippen molar-refractivity contribution in [2.75, 3.05) is 52.4 Å². The highest BCUT2D eigenvalue weighted by atomic mass is 16.3. The Bertz CT molecular complexity index is 953. The van der Waals surface area contributed by atoms with E-state index in [4.69, 9.17) is 5.11 Å². The molecule has 174 valence electrons. The fourth-order valence-electron chi connectivity index (χ4n) is 4.90. The number of hydrogen-bond acceptors (Lipinski definition) is 6. The molecule has 2 fully saturated rings. The van der Waals surface area contributed by atoms with Crippen LogP contribution in [-0.4, -0.2) is 78.9 Å². The van der Waals surface area contributed by atoms with Crippen molar-refractivity contribution in [3.05, 3.63) is 83.6 Å². The number of Topliss-reactive ketones (excluding diaryl/α,β-unsaturated/α-hetero) is 2. The Balaban J connectivity index is 1.42. The van der Waals surface area contributed by atoms with E-state index in [1.165, 1.54) is 0 Å². The summed E-state index contributed by atoms with van der Waals surface area (Å²) in [5, 5.41) is 12.3. The van der Waals surface area contributed by atoms with Crippen LogP contribution in [-0.2, 0) is 9.59 Å². The lowest BCUT2D eigenvalue weighted by Gasteiger charge is -2.34. The van der Waals surface area contributed by atoms with Gasteiger partial charge in [0.05, 0.1) is 18.1 Å². The summed E-state index contributed by atoms with van der Waals surface area (Å²) < 4.78 is 0. The molecule has 4 rings (SSSR count). The summed E-state index contributed by atoms with van der Waals surface area (Å²) in [5.74, 6) is -0.706. The van der Waals surface area contributed by atoms with Gasteiger partial charge in [0.2, 0.25) is 0 Å². The van der Waals surface area contributed by atoms with Crippen molar-refractivity contribution in [2.45, 2.75) is 18.3 Å². The fourth-order valence-corrected chi connectivity index (χ4v) is 4.90.